The van der Waals surface area contributed by atoms with Gasteiger partial charge in [-0.15, -0.1) is 23.1 Å². The number of nitrogen functional groups attached to an aromatic ring is 1. The summed E-state index contributed by atoms with van der Waals surface area (Å²) in [5.41, 5.74) is 6.99. The molecule has 0 aliphatic carbocycles. The van der Waals surface area contributed by atoms with Crippen LogP contribution in [0.15, 0.2) is 46.3 Å². The Morgan fingerprint density at radius 3 is 2.82 bits per heavy atom. The first-order chi connectivity index (χ1) is 18.7. The van der Waals surface area contributed by atoms with Gasteiger partial charge in [0.2, 0.25) is 0 Å². The average Bonchev–Trinajstić information content (AvgIpc) is 3.49. The van der Waals surface area contributed by atoms with Crippen LogP contribution in [0.5, 0.6) is 0 Å². The van der Waals surface area contributed by atoms with Gasteiger partial charge < -0.3 is 21.0 Å². The quantitative estimate of drug-likeness (QED) is 0.143. The molecule has 2 aliphatic heterocycles. The molecule has 2 amide bonds. The average molecular weight is 571 g/mol. The first-order valence-electron chi connectivity index (χ1n) is 11.6. The minimum atomic E-state index is -1.22. The number of hydrogen-bond donors (Lipinski definition) is 3. The molecule has 5 heterocycles. The van der Waals surface area contributed by atoms with Crippen LogP contribution in [-0.2, 0) is 32.8 Å². The summed E-state index contributed by atoms with van der Waals surface area (Å²) >= 11 is 2.50. The number of carboxylic acids is 1. The predicted octanol–water partition coefficient (Wildman–Crippen LogP) is -0.0940. The largest absolute Gasteiger partial charge is 0.477 e. The van der Waals surface area contributed by atoms with Gasteiger partial charge in [-0.25, -0.2) is 19.3 Å². The van der Waals surface area contributed by atoms with Gasteiger partial charge in [-0.05, 0) is 13.0 Å². The van der Waals surface area contributed by atoms with Gasteiger partial charge >= 0.3 is 5.97 Å². The number of hydrogen-bond acceptors (Lipinski definition) is 11. The first kappa shape index (κ1) is 26.3. The number of nitrogens with two attached hydrogens (primary N) is 1. The van der Waals surface area contributed by atoms with Crippen molar-refractivity contribution < 1.29 is 28.9 Å². The fraction of sp³-hybridized carbons (Fsp3) is 0.304. The number of nitrogens with zero attached hydrogens (tertiary/aromatic N) is 7. The number of aryl methyl sites for hydroxylation is 2. The maximum Gasteiger partial charge on any atom is 0.352 e. The summed E-state index contributed by atoms with van der Waals surface area (Å²) < 4.78 is 3.51. The van der Waals surface area contributed by atoms with Crippen LogP contribution in [0.25, 0.3) is 11.4 Å². The summed E-state index contributed by atoms with van der Waals surface area (Å²) in [5, 5.41) is 22.0. The molecule has 2 aliphatic rings. The van der Waals surface area contributed by atoms with Crippen molar-refractivity contribution in [1.29, 1.82) is 0 Å². The van der Waals surface area contributed by atoms with Gasteiger partial charge in [-0.3, -0.25) is 19.2 Å². The van der Waals surface area contributed by atoms with Crippen molar-refractivity contribution in [1.82, 2.24) is 30.0 Å². The molecule has 0 bridgehead atoms. The van der Waals surface area contributed by atoms with Crippen LogP contribution in [0.4, 0.5) is 5.13 Å². The lowest BCUT2D eigenvalue weighted by atomic mass is 10.0. The number of fused-ring (bicyclic) bond motifs is 1. The van der Waals surface area contributed by atoms with E-state index in [0.717, 1.165) is 22.7 Å². The van der Waals surface area contributed by atoms with Crippen LogP contribution in [0.2, 0.25) is 0 Å². The third-order valence-electron chi connectivity index (χ3n) is 6.17. The van der Waals surface area contributed by atoms with Crippen LogP contribution in [-0.4, -0.2) is 77.5 Å². The van der Waals surface area contributed by atoms with Crippen LogP contribution < -0.4 is 15.6 Å². The molecule has 0 spiro atoms. The molecule has 0 unspecified atom stereocenters. The predicted molar refractivity (Wildman–Crippen MR) is 141 cm³/mol. The third-order valence-corrected chi connectivity index (χ3v) is 8.18. The van der Waals surface area contributed by atoms with E-state index in [1.165, 1.54) is 23.8 Å². The number of oxime groups is 1. The Kier molecular flexibility index (Phi) is 7.05. The highest BCUT2D eigenvalue weighted by atomic mass is 32.2. The molecule has 5 rings (SSSR count). The van der Waals surface area contributed by atoms with Crippen LogP contribution in [0.3, 0.4) is 0 Å². The number of pyridine rings is 1. The molecule has 16 heteroatoms. The highest BCUT2D eigenvalue weighted by Gasteiger charge is 2.54. The molecule has 3 aromatic heterocycles. The monoisotopic (exact) mass is 570 g/mol. The lowest BCUT2D eigenvalue weighted by Gasteiger charge is -2.49. The summed E-state index contributed by atoms with van der Waals surface area (Å²) in [5.74, 6) is -0.757. The van der Waals surface area contributed by atoms with Crippen molar-refractivity contribution in [3.05, 3.63) is 52.7 Å². The summed E-state index contributed by atoms with van der Waals surface area (Å²) in [6.07, 6.45) is 3.65. The molecule has 39 heavy (non-hydrogen) atoms. The molecular weight excluding hydrogens is 546 g/mol. The van der Waals surface area contributed by atoms with E-state index in [0.29, 0.717) is 17.2 Å². The molecule has 14 nitrogen and oxygen atoms in total. The maximum atomic E-state index is 13.1. The van der Waals surface area contributed by atoms with Gasteiger partial charge in [-0.1, -0.05) is 5.16 Å². The number of nitrogens with one attached hydrogen (secondary N) is 1. The molecule has 4 N–H and O–H groups in total. The Morgan fingerprint density at radius 2 is 2.18 bits per heavy atom. The van der Waals surface area contributed by atoms with Crippen molar-refractivity contribution in [3.63, 3.8) is 0 Å². The number of rotatable bonds is 8. The van der Waals surface area contributed by atoms with E-state index in [2.05, 4.69) is 25.5 Å². The van der Waals surface area contributed by atoms with Gasteiger partial charge in [0.05, 0.1) is 5.56 Å². The zero-order valence-corrected chi connectivity index (χ0v) is 22.7. The number of anilines is 1. The molecule has 3 aromatic rings. The van der Waals surface area contributed by atoms with E-state index in [1.54, 1.807) is 10.1 Å². The Balaban J connectivity index is 1.35. The maximum absolute atomic E-state index is 13.1. The van der Waals surface area contributed by atoms with E-state index in [9.17, 15) is 19.5 Å². The van der Waals surface area contributed by atoms with E-state index in [4.69, 9.17) is 10.6 Å². The Hall–Kier alpha value is -4.31. The van der Waals surface area contributed by atoms with Gasteiger partial charge in [0, 0.05) is 29.8 Å². The summed E-state index contributed by atoms with van der Waals surface area (Å²) in [7, 11) is 3.09. The van der Waals surface area contributed by atoms with Gasteiger partial charge in [0.15, 0.2) is 35.6 Å². The van der Waals surface area contributed by atoms with Crippen LogP contribution in [0, 0.1) is 6.92 Å². The molecular formula is C23H24N9O5S2+. The topological polar surface area (TPSA) is 182 Å². The number of β-lactam (4-membered cyclic amide) rings is 1. The highest BCUT2D eigenvalue weighted by molar-refractivity contribution is 8.00. The standard InChI is InChI=1S/C23H23N9O5S2/c1-11-25-18(28-30(11)2)12-5-4-6-31(7-12)8-13-9-38-21-16(20(34)32(21)17(13)22(35)36)27-19(33)15(29-37-3)14-10-39-23(24)26-14/h4-7,10,16,21H,8-9H2,1-3H3,(H3-,24,26,27,33,35,36)/p+1/b29-15+/t16-,21-/m1/s1. The SMILES string of the molecule is CO/N=C(/C(=O)N[C@@H]1C(=O)N2C(C(=O)O)=C(C[n+]3cccc(-c4nc(C)n(C)n4)c3)CS[C@H]12)c1csc(N)n1. The lowest BCUT2D eigenvalue weighted by molar-refractivity contribution is -0.688. The van der Waals surface area contributed by atoms with E-state index in [-0.39, 0.29) is 28.8 Å². The Labute approximate surface area is 230 Å². The minimum Gasteiger partial charge on any atom is -0.477 e. The van der Waals surface area contributed by atoms with Crippen molar-refractivity contribution in [2.24, 2.45) is 12.2 Å². The minimum absolute atomic E-state index is 0.0861. The smallest absolute Gasteiger partial charge is 0.352 e. The molecule has 0 saturated carbocycles. The normalized spacial score (nSPS) is 19.0. The number of amides is 2. The second-order valence-electron chi connectivity index (χ2n) is 8.68. The molecule has 0 aromatic carbocycles. The van der Waals surface area contributed by atoms with Crippen molar-refractivity contribution >= 4 is 51.7 Å². The van der Waals surface area contributed by atoms with E-state index >= 15 is 0 Å². The zero-order valence-electron chi connectivity index (χ0n) is 21.1. The summed E-state index contributed by atoms with van der Waals surface area (Å²) in [6.45, 7) is 2.10. The van der Waals surface area contributed by atoms with E-state index in [1.807, 2.05) is 43.1 Å². The summed E-state index contributed by atoms with van der Waals surface area (Å²) in [4.78, 5) is 52.8. The Bertz CT molecular complexity index is 1530. The van der Waals surface area contributed by atoms with Crippen molar-refractivity contribution in [2.75, 3.05) is 18.6 Å². The number of aromatic nitrogens is 5. The number of carbonyl (C=O) groups is 3. The van der Waals surface area contributed by atoms with Gasteiger partial charge in [0.1, 0.15) is 35.7 Å². The molecule has 2 atom stereocenters. The first-order valence-corrected chi connectivity index (χ1v) is 13.5. The van der Waals surface area contributed by atoms with Crippen molar-refractivity contribution in [3.8, 4) is 11.4 Å². The second-order valence-corrected chi connectivity index (χ2v) is 10.7. The molecule has 0 radical (unpaired) electrons. The Morgan fingerprint density at radius 1 is 1.38 bits per heavy atom. The second kappa shape index (κ2) is 10.5. The lowest BCUT2D eigenvalue weighted by Crippen LogP contribution is -2.71. The zero-order chi connectivity index (χ0) is 27.8. The number of carboxylic acid groups (broad SMARTS) is 1. The van der Waals surface area contributed by atoms with Crippen LogP contribution >= 0.6 is 23.1 Å². The molecule has 202 valence electrons. The van der Waals surface area contributed by atoms with Gasteiger partial charge in [0.25, 0.3) is 11.8 Å². The van der Waals surface area contributed by atoms with Gasteiger partial charge in [-0.2, -0.15) is 5.10 Å². The molecule has 1 fully saturated rings. The van der Waals surface area contributed by atoms with E-state index < -0.39 is 29.2 Å². The third kappa shape index (κ3) is 4.95. The molecule has 1 saturated heterocycles. The number of carbonyl (C=O) groups excluding carboxylic acids is 2. The van der Waals surface area contributed by atoms with Crippen LogP contribution in [0.1, 0.15) is 11.5 Å². The fourth-order valence-corrected chi connectivity index (χ4v) is 6.15. The fourth-order valence-electron chi connectivity index (χ4n) is 4.26. The highest BCUT2D eigenvalue weighted by Crippen LogP contribution is 2.40. The summed E-state index contributed by atoms with van der Waals surface area (Å²) in [6, 6.07) is 2.76. The number of thioether (sulfide) groups is 1. The number of thiazole rings is 1. The number of aliphatic carboxylic acids is 1. The van der Waals surface area contributed by atoms with Crippen molar-refractivity contribution in [2.45, 2.75) is 24.9 Å².